The Balaban J connectivity index is 4.06. The van der Waals surface area contributed by atoms with Gasteiger partial charge in [0.15, 0.2) is 0 Å². The molecule has 63 heavy (non-hydrogen) atoms. The molecule has 0 aliphatic rings. The molecule has 366 valence electrons. The molecule has 2 N–H and O–H groups in total. The number of phosphoric ester groups is 1. The van der Waals surface area contributed by atoms with Crippen LogP contribution in [0.1, 0.15) is 213 Å². The number of aliphatic hydroxyl groups excluding tert-OH is 1. The Kier molecular flexibility index (Phi) is 43.6. The average molecular weight is 903 g/mol. The molecule has 0 aromatic rings. The van der Waals surface area contributed by atoms with Crippen LogP contribution in [0.25, 0.3) is 0 Å². The summed E-state index contributed by atoms with van der Waals surface area (Å²) < 4.78 is 23.2. The van der Waals surface area contributed by atoms with E-state index in [1.165, 1.54) is 128 Å². The zero-order chi connectivity index (χ0) is 46.4. The van der Waals surface area contributed by atoms with Crippen LogP contribution in [0.2, 0.25) is 0 Å². The van der Waals surface area contributed by atoms with Gasteiger partial charge in [0.05, 0.1) is 39.9 Å². The minimum Gasteiger partial charge on any atom is -0.756 e. The number of unbranched alkanes of at least 4 members (excludes halogenated alkanes) is 23. The first-order valence-electron chi connectivity index (χ1n) is 25.8. The Morgan fingerprint density at radius 1 is 0.571 bits per heavy atom. The van der Waals surface area contributed by atoms with Crippen LogP contribution in [-0.4, -0.2) is 68.5 Å². The predicted molar refractivity (Wildman–Crippen MR) is 270 cm³/mol. The lowest BCUT2D eigenvalue weighted by Gasteiger charge is -2.29. The number of quaternary nitrogens is 1. The van der Waals surface area contributed by atoms with Crippen molar-refractivity contribution in [3.8, 4) is 0 Å². The van der Waals surface area contributed by atoms with Gasteiger partial charge in [-0.1, -0.05) is 202 Å². The summed E-state index contributed by atoms with van der Waals surface area (Å²) in [4.78, 5) is 25.3. The first kappa shape index (κ1) is 60.9. The van der Waals surface area contributed by atoms with Crippen molar-refractivity contribution < 1.29 is 32.9 Å². The van der Waals surface area contributed by atoms with Gasteiger partial charge in [-0.05, 0) is 77.0 Å². The molecular formula is C54H99N2O6P. The smallest absolute Gasteiger partial charge is 0.268 e. The number of aliphatic hydroxyl groups is 1. The van der Waals surface area contributed by atoms with Crippen molar-refractivity contribution in [3.05, 3.63) is 72.9 Å². The lowest BCUT2D eigenvalue weighted by atomic mass is 10.0. The van der Waals surface area contributed by atoms with Gasteiger partial charge in [0.25, 0.3) is 7.82 Å². The van der Waals surface area contributed by atoms with Gasteiger partial charge in [-0.15, -0.1) is 0 Å². The highest BCUT2D eigenvalue weighted by Crippen LogP contribution is 2.38. The molecule has 0 bridgehead atoms. The number of hydrogen-bond acceptors (Lipinski definition) is 6. The number of amides is 1. The number of carbonyl (C=O) groups excluding carboxylic acids is 1. The predicted octanol–water partition coefficient (Wildman–Crippen LogP) is 14.5. The van der Waals surface area contributed by atoms with Gasteiger partial charge in [-0.3, -0.25) is 9.36 Å². The summed E-state index contributed by atoms with van der Waals surface area (Å²) in [5.41, 5.74) is 0. The molecule has 0 saturated carbocycles. The summed E-state index contributed by atoms with van der Waals surface area (Å²) in [7, 11) is 1.23. The van der Waals surface area contributed by atoms with Crippen LogP contribution < -0.4 is 10.2 Å². The highest BCUT2D eigenvalue weighted by Gasteiger charge is 2.23. The number of rotatable bonds is 46. The van der Waals surface area contributed by atoms with Crippen molar-refractivity contribution in [2.75, 3.05) is 40.9 Å². The maximum absolute atomic E-state index is 12.9. The standard InChI is InChI=1S/C54H99N2O6P/c1-6-8-10-12-14-16-18-19-20-21-22-23-24-25-26-27-28-29-30-31-32-33-34-35-36-37-38-40-42-44-46-48-54(58)55-52(51-62-63(59,60)61-50-49-56(3,4)5)53(57)47-45-43-41-39-17-15-13-11-9-7-2/h9,11,17-19,21-22,24-25,39,45,47,52-53,57H,6-8,10,12-16,20,23,26-38,40-44,46,48-51H2,1-5H3,(H-,55,58,59,60)/b11-9+,19-18-,22-21-,25-24-,39-17+,47-45+. The van der Waals surface area contributed by atoms with Crippen LogP contribution in [0.4, 0.5) is 0 Å². The maximum Gasteiger partial charge on any atom is 0.268 e. The van der Waals surface area contributed by atoms with Gasteiger partial charge in [-0.25, -0.2) is 0 Å². The molecule has 0 saturated heterocycles. The van der Waals surface area contributed by atoms with Crippen molar-refractivity contribution in [2.24, 2.45) is 0 Å². The van der Waals surface area contributed by atoms with Gasteiger partial charge >= 0.3 is 0 Å². The van der Waals surface area contributed by atoms with Crippen LogP contribution in [0.3, 0.4) is 0 Å². The molecule has 3 atom stereocenters. The van der Waals surface area contributed by atoms with E-state index in [1.807, 2.05) is 27.2 Å². The highest BCUT2D eigenvalue weighted by molar-refractivity contribution is 7.45. The van der Waals surface area contributed by atoms with E-state index in [4.69, 9.17) is 9.05 Å². The fraction of sp³-hybridized carbons (Fsp3) is 0.759. The molecule has 0 heterocycles. The number of nitrogens with one attached hydrogen (secondary N) is 1. The second-order valence-electron chi connectivity index (χ2n) is 18.5. The van der Waals surface area contributed by atoms with Crippen molar-refractivity contribution in [1.82, 2.24) is 5.32 Å². The van der Waals surface area contributed by atoms with E-state index in [2.05, 4.69) is 79.9 Å². The fourth-order valence-electron chi connectivity index (χ4n) is 7.08. The average Bonchev–Trinajstić information content (AvgIpc) is 3.24. The molecule has 0 fully saturated rings. The molecular weight excluding hydrogens is 804 g/mol. The van der Waals surface area contributed by atoms with Crippen molar-refractivity contribution >= 4 is 13.7 Å². The fourth-order valence-corrected chi connectivity index (χ4v) is 7.80. The number of allylic oxidation sites excluding steroid dienone is 11. The molecule has 0 aliphatic heterocycles. The first-order chi connectivity index (χ1) is 30.5. The molecule has 3 unspecified atom stereocenters. The third-order valence-corrected chi connectivity index (χ3v) is 12.1. The topological polar surface area (TPSA) is 108 Å². The van der Waals surface area contributed by atoms with E-state index in [1.54, 1.807) is 6.08 Å². The maximum atomic E-state index is 12.9. The van der Waals surface area contributed by atoms with E-state index in [0.717, 1.165) is 64.2 Å². The van der Waals surface area contributed by atoms with Crippen LogP contribution in [-0.2, 0) is 18.4 Å². The van der Waals surface area contributed by atoms with Gasteiger partial charge in [-0.2, -0.15) is 0 Å². The molecule has 0 aromatic carbocycles. The summed E-state index contributed by atoms with van der Waals surface area (Å²) >= 11 is 0. The van der Waals surface area contributed by atoms with Crippen LogP contribution in [0.5, 0.6) is 0 Å². The van der Waals surface area contributed by atoms with Gasteiger partial charge in [0.2, 0.25) is 5.91 Å². The normalized spacial score (nSPS) is 14.7. The molecule has 0 radical (unpaired) electrons. The lowest BCUT2D eigenvalue weighted by molar-refractivity contribution is -0.870. The Bertz CT molecular complexity index is 1250. The SMILES string of the molecule is CC/C=C/CC/C=C/CC/C=C/C(O)C(COP(=O)([O-])OCC[N+](C)(C)C)NC(=O)CCCCCCCCCCCCCCCCCC/C=C\C/C=C\C/C=C\CCCCCCC. The Labute approximate surface area is 389 Å². The highest BCUT2D eigenvalue weighted by atomic mass is 31.2. The van der Waals surface area contributed by atoms with E-state index >= 15 is 0 Å². The number of hydrogen-bond donors (Lipinski definition) is 2. The van der Waals surface area contributed by atoms with E-state index in [0.29, 0.717) is 17.4 Å². The third-order valence-electron chi connectivity index (χ3n) is 11.1. The molecule has 0 spiro atoms. The molecule has 0 aromatic heterocycles. The third kappa shape index (κ3) is 47.7. The Morgan fingerprint density at radius 2 is 0.984 bits per heavy atom. The minimum atomic E-state index is -4.60. The van der Waals surface area contributed by atoms with Gasteiger partial charge < -0.3 is 28.8 Å². The van der Waals surface area contributed by atoms with Crippen LogP contribution in [0.15, 0.2) is 72.9 Å². The largest absolute Gasteiger partial charge is 0.756 e. The van der Waals surface area contributed by atoms with Crippen molar-refractivity contribution in [1.29, 1.82) is 0 Å². The summed E-state index contributed by atoms with van der Waals surface area (Å²) in [5, 5.41) is 13.7. The molecule has 8 nitrogen and oxygen atoms in total. The monoisotopic (exact) mass is 903 g/mol. The van der Waals surface area contributed by atoms with E-state index < -0.39 is 26.6 Å². The Morgan fingerprint density at radius 3 is 1.46 bits per heavy atom. The Hall–Kier alpha value is -2.06. The molecule has 0 rings (SSSR count). The summed E-state index contributed by atoms with van der Waals surface area (Å²) in [6.07, 6.45) is 61.4. The van der Waals surface area contributed by atoms with Crippen molar-refractivity contribution in [3.63, 3.8) is 0 Å². The molecule has 9 heteroatoms. The number of carbonyl (C=O) groups is 1. The number of nitrogens with zero attached hydrogens (tertiary/aromatic N) is 1. The van der Waals surface area contributed by atoms with E-state index in [-0.39, 0.29) is 12.5 Å². The summed E-state index contributed by atoms with van der Waals surface area (Å²) in [5.74, 6) is -0.216. The molecule has 0 aliphatic carbocycles. The second kappa shape index (κ2) is 45.1. The lowest BCUT2D eigenvalue weighted by Crippen LogP contribution is -2.45. The summed E-state index contributed by atoms with van der Waals surface area (Å²) in [6, 6.07) is -0.910. The number of likely N-dealkylation sites (N-methyl/N-ethyl adjacent to an activating group) is 1. The minimum absolute atomic E-state index is 0.0114. The zero-order valence-electron chi connectivity index (χ0n) is 41.5. The van der Waals surface area contributed by atoms with Crippen molar-refractivity contribution in [2.45, 2.75) is 225 Å². The number of phosphoric acid groups is 1. The van der Waals surface area contributed by atoms with Gasteiger partial charge in [0, 0.05) is 6.42 Å². The quantitative estimate of drug-likeness (QED) is 0.0273. The van der Waals surface area contributed by atoms with E-state index in [9.17, 15) is 19.4 Å². The van der Waals surface area contributed by atoms with Crippen LogP contribution in [0, 0.1) is 0 Å². The summed E-state index contributed by atoms with van der Waals surface area (Å²) in [6.45, 7) is 4.47. The second-order valence-corrected chi connectivity index (χ2v) is 19.9. The zero-order valence-corrected chi connectivity index (χ0v) is 42.4. The van der Waals surface area contributed by atoms with Crippen LogP contribution >= 0.6 is 7.82 Å². The first-order valence-corrected chi connectivity index (χ1v) is 27.3. The van der Waals surface area contributed by atoms with Gasteiger partial charge in [0.1, 0.15) is 13.2 Å². The molecule has 1 amide bonds.